The minimum absolute atomic E-state index is 0.0492. The van der Waals surface area contributed by atoms with Gasteiger partial charge in [0.05, 0.1) is 12.1 Å². The summed E-state index contributed by atoms with van der Waals surface area (Å²) >= 11 is 0. The number of halogens is 2. The van der Waals surface area contributed by atoms with E-state index in [0.29, 0.717) is 12.1 Å². The molecule has 1 saturated heterocycles. The summed E-state index contributed by atoms with van der Waals surface area (Å²) in [7, 11) is 0. The van der Waals surface area contributed by atoms with Crippen LogP contribution in [0.15, 0.2) is 36.4 Å². The molecule has 4 nitrogen and oxygen atoms in total. The second-order valence-electron chi connectivity index (χ2n) is 5.40. The lowest BCUT2D eigenvalue weighted by Gasteiger charge is -2.34. The predicted molar refractivity (Wildman–Crippen MR) is 78.9 cm³/mol. The summed E-state index contributed by atoms with van der Waals surface area (Å²) in [5, 5.41) is 3.32. The van der Waals surface area contributed by atoms with Gasteiger partial charge in [0.2, 0.25) is 11.9 Å². The monoisotopic (exact) mass is 305 g/mol. The number of nitrogens with one attached hydrogen (secondary N) is 1. The zero-order valence-corrected chi connectivity index (χ0v) is 12.1. The van der Waals surface area contributed by atoms with Gasteiger partial charge in [-0.2, -0.15) is 13.8 Å². The highest BCUT2D eigenvalue weighted by molar-refractivity contribution is 5.64. The topological polar surface area (TPSA) is 60.2 Å². The highest BCUT2D eigenvalue weighted by Crippen LogP contribution is 2.27. The van der Waals surface area contributed by atoms with Crippen molar-refractivity contribution < 1.29 is 13.5 Å². The molecule has 2 heterocycles. The van der Waals surface area contributed by atoms with Gasteiger partial charge in [-0.1, -0.05) is 18.2 Å². The van der Waals surface area contributed by atoms with Gasteiger partial charge in [-0.3, -0.25) is 0 Å². The van der Waals surface area contributed by atoms with E-state index >= 15 is 0 Å². The average Bonchev–Trinajstić information content (AvgIpc) is 2.47. The summed E-state index contributed by atoms with van der Waals surface area (Å²) in [5.41, 5.74) is 7.78. The second-order valence-corrected chi connectivity index (χ2v) is 5.40. The number of ether oxygens (including phenoxy) is 1. The molecule has 3 unspecified atom stereocenters. The number of morpholine rings is 1. The number of aromatic nitrogens is 1. The van der Waals surface area contributed by atoms with Crippen LogP contribution in [0.1, 0.15) is 18.5 Å². The fraction of sp³-hybridized carbons (Fsp3) is 0.312. The molecule has 1 aliphatic rings. The lowest BCUT2D eigenvalue weighted by atomic mass is 9.98. The zero-order chi connectivity index (χ0) is 15.7. The average molecular weight is 305 g/mol. The van der Waals surface area contributed by atoms with Gasteiger partial charge in [-0.05, 0) is 36.2 Å². The second kappa shape index (κ2) is 6.08. The Hall–Kier alpha value is -1.89. The van der Waals surface area contributed by atoms with E-state index < -0.39 is 18.1 Å². The van der Waals surface area contributed by atoms with Gasteiger partial charge < -0.3 is 15.8 Å². The summed E-state index contributed by atoms with van der Waals surface area (Å²) in [4.78, 5) is 3.22. The molecule has 1 aliphatic heterocycles. The number of nitrogens with two attached hydrogens (primary N) is 1. The molecule has 2 aromatic rings. The molecule has 3 rings (SSSR count). The van der Waals surface area contributed by atoms with Crippen molar-refractivity contribution in [2.75, 3.05) is 6.54 Å². The molecule has 0 spiro atoms. The lowest BCUT2D eigenvalue weighted by molar-refractivity contribution is -0.0513. The highest BCUT2D eigenvalue weighted by atomic mass is 19.1. The lowest BCUT2D eigenvalue weighted by Crippen LogP contribution is -2.50. The molecule has 22 heavy (non-hydrogen) atoms. The van der Waals surface area contributed by atoms with Crippen LogP contribution in [0.5, 0.6) is 0 Å². The quantitative estimate of drug-likeness (QED) is 0.836. The van der Waals surface area contributed by atoms with E-state index in [1.54, 1.807) is 12.1 Å². The van der Waals surface area contributed by atoms with Gasteiger partial charge in [0, 0.05) is 12.1 Å². The first-order chi connectivity index (χ1) is 10.5. The number of pyridine rings is 1. The van der Waals surface area contributed by atoms with Gasteiger partial charge in [-0.25, -0.2) is 0 Å². The first kappa shape index (κ1) is 15.0. The molecule has 116 valence electrons. The standard InChI is InChI=1S/C16H17F2N3O/c1-9-8-20-14(16(19)22-9)11-4-2-3-10(7-11)12-5-6-13(17)21-15(12)18/h2-7,9,14,16,20H,8,19H2,1H3. The summed E-state index contributed by atoms with van der Waals surface area (Å²) in [6, 6.07) is 9.61. The maximum Gasteiger partial charge on any atom is 0.223 e. The normalized spacial score (nSPS) is 25.2. The van der Waals surface area contributed by atoms with Gasteiger partial charge in [0.25, 0.3) is 0 Å². The van der Waals surface area contributed by atoms with E-state index in [1.807, 2.05) is 19.1 Å². The fourth-order valence-electron chi connectivity index (χ4n) is 2.64. The molecule has 0 bridgehead atoms. The van der Waals surface area contributed by atoms with E-state index in [9.17, 15) is 8.78 Å². The van der Waals surface area contributed by atoms with Gasteiger partial charge in [-0.15, -0.1) is 0 Å². The Morgan fingerprint density at radius 2 is 2.09 bits per heavy atom. The van der Waals surface area contributed by atoms with Crippen LogP contribution in [0.4, 0.5) is 8.78 Å². The van der Waals surface area contributed by atoms with Gasteiger partial charge in [0.1, 0.15) is 6.23 Å². The van der Waals surface area contributed by atoms with Crippen molar-refractivity contribution >= 4 is 0 Å². The van der Waals surface area contributed by atoms with E-state index in [2.05, 4.69) is 10.3 Å². The van der Waals surface area contributed by atoms with Crippen molar-refractivity contribution in [2.24, 2.45) is 5.73 Å². The van der Waals surface area contributed by atoms with E-state index in [-0.39, 0.29) is 17.7 Å². The molecular weight excluding hydrogens is 288 g/mol. The number of benzene rings is 1. The van der Waals surface area contributed by atoms with Gasteiger partial charge >= 0.3 is 0 Å². The molecule has 0 aliphatic carbocycles. The third-order valence-electron chi connectivity index (χ3n) is 3.71. The van der Waals surface area contributed by atoms with Crippen LogP contribution in [0.2, 0.25) is 0 Å². The van der Waals surface area contributed by atoms with Crippen molar-refractivity contribution in [1.82, 2.24) is 10.3 Å². The van der Waals surface area contributed by atoms with Crippen LogP contribution in [0, 0.1) is 11.9 Å². The third-order valence-corrected chi connectivity index (χ3v) is 3.71. The van der Waals surface area contributed by atoms with Crippen molar-refractivity contribution in [3.63, 3.8) is 0 Å². The molecule has 1 aromatic carbocycles. The van der Waals surface area contributed by atoms with Crippen LogP contribution in [0.25, 0.3) is 11.1 Å². The maximum absolute atomic E-state index is 13.8. The van der Waals surface area contributed by atoms with Gasteiger partial charge in [0.15, 0.2) is 0 Å². The highest BCUT2D eigenvalue weighted by Gasteiger charge is 2.27. The van der Waals surface area contributed by atoms with Crippen LogP contribution in [-0.4, -0.2) is 23.9 Å². The Balaban J connectivity index is 1.92. The smallest absolute Gasteiger partial charge is 0.223 e. The van der Waals surface area contributed by atoms with E-state index in [1.165, 1.54) is 6.07 Å². The van der Waals surface area contributed by atoms with Crippen molar-refractivity contribution in [3.05, 3.63) is 53.9 Å². The number of rotatable bonds is 2. The summed E-state index contributed by atoms with van der Waals surface area (Å²) in [6.07, 6.45) is -0.427. The van der Waals surface area contributed by atoms with Crippen LogP contribution in [-0.2, 0) is 4.74 Å². The van der Waals surface area contributed by atoms with E-state index in [0.717, 1.165) is 11.6 Å². The Kier molecular flexibility index (Phi) is 4.15. The van der Waals surface area contributed by atoms with Crippen molar-refractivity contribution in [2.45, 2.75) is 25.3 Å². The Morgan fingerprint density at radius 1 is 1.27 bits per heavy atom. The SMILES string of the molecule is CC1CNC(c2cccc(-c3ccc(F)nc3F)c2)C(N)O1. The summed E-state index contributed by atoms with van der Waals surface area (Å²) < 4.78 is 32.4. The zero-order valence-electron chi connectivity index (χ0n) is 12.1. The molecule has 1 aromatic heterocycles. The fourth-order valence-corrected chi connectivity index (χ4v) is 2.64. The molecule has 3 atom stereocenters. The van der Waals surface area contributed by atoms with Crippen LogP contribution < -0.4 is 11.1 Å². The summed E-state index contributed by atoms with van der Waals surface area (Å²) in [6.45, 7) is 2.63. The minimum Gasteiger partial charge on any atom is -0.357 e. The number of hydrogen-bond donors (Lipinski definition) is 2. The molecule has 3 N–H and O–H groups in total. The number of nitrogens with zero attached hydrogens (tertiary/aromatic N) is 1. The van der Waals surface area contributed by atoms with Crippen molar-refractivity contribution in [1.29, 1.82) is 0 Å². The molecule has 0 saturated carbocycles. The third kappa shape index (κ3) is 2.99. The first-order valence-electron chi connectivity index (χ1n) is 7.11. The van der Waals surface area contributed by atoms with E-state index in [4.69, 9.17) is 10.5 Å². The molecule has 0 amide bonds. The van der Waals surface area contributed by atoms with Crippen molar-refractivity contribution in [3.8, 4) is 11.1 Å². The molecule has 6 heteroatoms. The molecular formula is C16H17F2N3O. The Labute approximate surface area is 127 Å². The maximum atomic E-state index is 13.8. The Bertz CT molecular complexity index is 680. The Morgan fingerprint density at radius 3 is 2.82 bits per heavy atom. The number of hydrogen-bond acceptors (Lipinski definition) is 4. The predicted octanol–water partition coefficient (Wildman–Crippen LogP) is 2.36. The minimum atomic E-state index is -0.837. The summed E-state index contributed by atoms with van der Waals surface area (Å²) in [5.74, 6) is -1.67. The first-order valence-corrected chi connectivity index (χ1v) is 7.11. The van der Waals surface area contributed by atoms with Crippen LogP contribution >= 0.6 is 0 Å². The molecule has 0 radical (unpaired) electrons. The largest absolute Gasteiger partial charge is 0.357 e. The molecule has 1 fully saturated rings. The van der Waals surface area contributed by atoms with Crippen LogP contribution in [0.3, 0.4) is 0 Å².